The van der Waals surface area contributed by atoms with E-state index in [2.05, 4.69) is 28.6 Å². The highest BCUT2D eigenvalue weighted by Crippen LogP contribution is 2.24. The first-order valence-corrected chi connectivity index (χ1v) is 14.4. The number of carbonyl (C=O) groups is 3. The molecule has 0 spiro atoms. The minimum Gasteiger partial charge on any atom is -0.463 e. The normalized spacial score (nSPS) is 12.7. The SMILES string of the molecule is CCOC(=O)COC(=O)CCNC(=O)C(Cc1ccsc1)CC(NCCCSC)SS. The summed E-state index contributed by atoms with van der Waals surface area (Å²) in [4.78, 5) is 35.8. The fraction of sp³-hybridized carbons (Fsp3) is 0.650. The standard InChI is InChI=1S/C20H32N2O5S4/c1-3-26-19(24)13-27-18(23)5-8-22-20(25)16(11-15-6-10-30-14-15)12-17(31-28)21-7-4-9-29-2/h6,10,14,16-17,21,28H,3-5,7-9,11-13H2,1-2H3,(H,22,25). The number of thiol groups is 1. The van der Waals surface area contributed by atoms with Crippen LogP contribution in [0.4, 0.5) is 0 Å². The van der Waals surface area contributed by atoms with Crippen LogP contribution in [0.25, 0.3) is 0 Å². The van der Waals surface area contributed by atoms with E-state index in [1.807, 2.05) is 28.6 Å². The molecule has 0 saturated heterocycles. The molecular formula is C20H32N2O5S4. The average molecular weight is 509 g/mol. The van der Waals surface area contributed by atoms with Gasteiger partial charge in [0.1, 0.15) is 0 Å². The van der Waals surface area contributed by atoms with Gasteiger partial charge in [0.2, 0.25) is 5.91 Å². The number of hydrogen-bond acceptors (Lipinski definition) is 10. The Labute approximate surface area is 202 Å². The summed E-state index contributed by atoms with van der Waals surface area (Å²) in [6.07, 6.45) is 4.39. The molecule has 176 valence electrons. The minimum atomic E-state index is -0.587. The van der Waals surface area contributed by atoms with E-state index in [0.717, 1.165) is 24.3 Å². The summed E-state index contributed by atoms with van der Waals surface area (Å²) < 4.78 is 9.55. The van der Waals surface area contributed by atoms with Crippen LogP contribution >= 0.6 is 45.6 Å². The van der Waals surface area contributed by atoms with Gasteiger partial charge in [0.25, 0.3) is 0 Å². The number of esters is 2. The Hall–Kier alpha value is -0.880. The zero-order valence-electron chi connectivity index (χ0n) is 18.0. The molecule has 0 aliphatic carbocycles. The van der Waals surface area contributed by atoms with E-state index in [1.165, 1.54) is 10.8 Å². The van der Waals surface area contributed by atoms with Gasteiger partial charge in [-0.3, -0.25) is 9.59 Å². The number of hydrogen-bond donors (Lipinski definition) is 3. The van der Waals surface area contributed by atoms with Crippen LogP contribution < -0.4 is 10.6 Å². The van der Waals surface area contributed by atoms with Crippen LogP contribution in [0, 0.1) is 5.92 Å². The Kier molecular flexibility index (Phi) is 16.0. The van der Waals surface area contributed by atoms with Crippen molar-refractivity contribution >= 4 is 63.4 Å². The van der Waals surface area contributed by atoms with E-state index in [0.29, 0.717) is 12.8 Å². The Morgan fingerprint density at radius 1 is 1.23 bits per heavy atom. The molecule has 1 heterocycles. The van der Waals surface area contributed by atoms with Gasteiger partial charge in [-0.1, -0.05) is 10.8 Å². The van der Waals surface area contributed by atoms with Crippen molar-refractivity contribution in [1.29, 1.82) is 0 Å². The van der Waals surface area contributed by atoms with E-state index in [1.54, 1.807) is 18.3 Å². The van der Waals surface area contributed by atoms with E-state index in [4.69, 9.17) is 9.47 Å². The molecule has 1 aromatic heterocycles. The minimum absolute atomic E-state index is 0.00596. The second-order valence-corrected chi connectivity index (χ2v) is 9.85. The summed E-state index contributed by atoms with van der Waals surface area (Å²) >= 11 is 7.78. The molecular weight excluding hydrogens is 476 g/mol. The Morgan fingerprint density at radius 3 is 2.68 bits per heavy atom. The predicted molar refractivity (Wildman–Crippen MR) is 133 cm³/mol. The van der Waals surface area contributed by atoms with Gasteiger partial charge in [-0.2, -0.15) is 23.1 Å². The van der Waals surface area contributed by atoms with Crippen LogP contribution in [0.3, 0.4) is 0 Å². The molecule has 2 N–H and O–H groups in total. The van der Waals surface area contributed by atoms with Crippen molar-refractivity contribution in [3.05, 3.63) is 22.4 Å². The van der Waals surface area contributed by atoms with Gasteiger partial charge in [-0.25, -0.2) is 4.79 Å². The third-order valence-corrected chi connectivity index (χ3v) is 7.05. The number of amides is 1. The first kappa shape index (κ1) is 28.2. The molecule has 0 fully saturated rings. The molecule has 0 aliphatic rings. The Bertz CT molecular complexity index is 646. The Balaban J connectivity index is 2.51. The Morgan fingerprint density at radius 2 is 2.03 bits per heavy atom. The molecule has 0 aromatic carbocycles. The lowest BCUT2D eigenvalue weighted by molar-refractivity contribution is -0.158. The molecule has 2 atom stereocenters. The quantitative estimate of drug-likeness (QED) is 0.0972. The number of carbonyl (C=O) groups excluding carboxylic acids is 3. The van der Waals surface area contributed by atoms with Crippen molar-refractivity contribution in [1.82, 2.24) is 10.6 Å². The molecule has 31 heavy (non-hydrogen) atoms. The van der Waals surface area contributed by atoms with Gasteiger partial charge in [-0.05, 0) is 67.1 Å². The third-order valence-electron chi connectivity index (χ3n) is 4.24. The zero-order chi connectivity index (χ0) is 22.9. The highest BCUT2D eigenvalue weighted by molar-refractivity contribution is 8.68. The van der Waals surface area contributed by atoms with Gasteiger partial charge in [0.05, 0.1) is 18.4 Å². The van der Waals surface area contributed by atoms with Crippen LogP contribution in [-0.2, 0) is 30.3 Å². The molecule has 0 radical (unpaired) electrons. The molecule has 11 heteroatoms. The number of thioether (sulfide) groups is 1. The van der Waals surface area contributed by atoms with E-state index in [-0.39, 0.29) is 36.8 Å². The topological polar surface area (TPSA) is 93.7 Å². The maximum atomic E-state index is 12.8. The lowest BCUT2D eigenvalue weighted by Gasteiger charge is -2.22. The average Bonchev–Trinajstić information content (AvgIpc) is 3.27. The smallest absolute Gasteiger partial charge is 0.344 e. The number of nitrogens with one attached hydrogen (secondary N) is 2. The fourth-order valence-electron chi connectivity index (χ4n) is 2.72. The predicted octanol–water partition coefficient (Wildman–Crippen LogP) is 3.16. The maximum absolute atomic E-state index is 12.8. The molecule has 2 unspecified atom stereocenters. The van der Waals surface area contributed by atoms with E-state index >= 15 is 0 Å². The van der Waals surface area contributed by atoms with Crippen LogP contribution in [0.1, 0.15) is 31.7 Å². The molecule has 1 amide bonds. The van der Waals surface area contributed by atoms with Crippen LogP contribution in [0.15, 0.2) is 16.8 Å². The number of thiophene rings is 1. The molecule has 1 rings (SSSR count). The van der Waals surface area contributed by atoms with Crippen molar-refractivity contribution in [3.63, 3.8) is 0 Å². The molecule has 7 nitrogen and oxygen atoms in total. The summed E-state index contributed by atoms with van der Waals surface area (Å²) in [6.45, 7) is 2.53. The number of rotatable bonds is 17. The second kappa shape index (κ2) is 17.6. The molecule has 0 aliphatic heterocycles. The van der Waals surface area contributed by atoms with Gasteiger partial charge in [0.15, 0.2) is 6.61 Å². The van der Waals surface area contributed by atoms with Crippen molar-refractivity contribution in [3.8, 4) is 0 Å². The van der Waals surface area contributed by atoms with Gasteiger partial charge < -0.3 is 20.1 Å². The highest BCUT2D eigenvalue weighted by atomic mass is 33.1. The van der Waals surface area contributed by atoms with Crippen LogP contribution in [0.2, 0.25) is 0 Å². The molecule has 0 saturated carbocycles. The van der Waals surface area contributed by atoms with Crippen molar-refractivity contribution in [2.45, 2.75) is 38.0 Å². The summed E-state index contributed by atoms with van der Waals surface area (Å²) in [5, 5.41) is 10.4. The van der Waals surface area contributed by atoms with Crippen LogP contribution in [0.5, 0.6) is 0 Å². The second-order valence-electron chi connectivity index (χ2n) is 6.67. The monoisotopic (exact) mass is 508 g/mol. The molecule has 1 aromatic rings. The summed E-state index contributed by atoms with van der Waals surface area (Å²) in [6, 6.07) is 2.02. The molecule has 0 bridgehead atoms. The van der Waals surface area contributed by atoms with Gasteiger partial charge in [0, 0.05) is 12.5 Å². The third kappa shape index (κ3) is 13.3. The van der Waals surface area contributed by atoms with Crippen LogP contribution in [-0.4, -0.2) is 61.5 Å². The van der Waals surface area contributed by atoms with Gasteiger partial charge in [-0.15, -0.1) is 11.7 Å². The lowest BCUT2D eigenvalue weighted by atomic mass is 9.96. The van der Waals surface area contributed by atoms with Crippen molar-refractivity contribution in [2.75, 3.05) is 38.3 Å². The largest absolute Gasteiger partial charge is 0.463 e. The zero-order valence-corrected chi connectivity index (χ0v) is 21.3. The highest BCUT2D eigenvalue weighted by Gasteiger charge is 2.23. The lowest BCUT2D eigenvalue weighted by Crippen LogP contribution is -2.38. The van der Waals surface area contributed by atoms with E-state index < -0.39 is 18.5 Å². The maximum Gasteiger partial charge on any atom is 0.344 e. The van der Waals surface area contributed by atoms with Gasteiger partial charge >= 0.3 is 11.9 Å². The summed E-state index contributed by atoms with van der Waals surface area (Å²) in [5.74, 6) is -0.411. The van der Waals surface area contributed by atoms with Crippen molar-refractivity contribution < 1.29 is 23.9 Å². The first-order valence-electron chi connectivity index (χ1n) is 10.1. The number of ether oxygens (including phenoxy) is 2. The fourth-order valence-corrected chi connectivity index (χ4v) is 4.83. The van der Waals surface area contributed by atoms with E-state index in [9.17, 15) is 14.4 Å². The van der Waals surface area contributed by atoms with Crippen molar-refractivity contribution in [2.24, 2.45) is 5.92 Å². The summed E-state index contributed by atoms with van der Waals surface area (Å²) in [5.41, 5.74) is 1.12. The first-order chi connectivity index (χ1) is 15.0. The summed E-state index contributed by atoms with van der Waals surface area (Å²) in [7, 11) is 1.41.